The second kappa shape index (κ2) is 7.19. The van der Waals surface area contributed by atoms with Gasteiger partial charge in [0, 0.05) is 24.8 Å². The molecule has 0 saturated heterocycles. The number of hydrogen-bond donors (Lipinski definition) is 2. The molecule has 9 heteroatoms. The van der Waals surface area contributed by atoms with Crippen LogP contribution in [0.1, 0.15) is 32.2 Å². The highest BCUT2D eigenvalue weighted by Crippen LogP contribution is 2.20. The van der Waals surface area contributed by atoms with Gasteiger partial charge in [-0.1, -0.05) is 18.2 Å². The number of benzene rings is 1. The van der Waals surface area contributed by atoms with Crippen LogP contribution in [0.5, 0.6) is 0 Å². The fraction of sp³-hybridized carbons (Fsp3) is 0.150. The molecular weight excluding hydrogens is 370 g/mol. The third kappa shape index (κ3) is 3.70. The number of para-hydroxylation sites is 1. The number of fused-ring (bicyclic) bond motifs is 1. The Kier molecular flexibility index (Phi) is 4.55. The molecule has 1 aromatic carbocycles. The molecule has 2 amide bonds. The summed E-state index contributed by atoms with van der Waals surface area (Å²) in [7, 11) is 1.85. The topological polar surface area (TPSA) is 121 Å². The van der Waals surface area contributed by atoms with E-state index in [-0.39, 0.29) is 11.3 Å². The number of amides is 2. The molecule has 0 aliphatic heterocycles. The van der Waals surface area contributed by atoms with Gasteiger partial charge in [0.05, 0.1) is 34.7 Å². The van der Waals surface area contributed by atoms with Gasteiger partial charge >= 0.3 is 0 Å². The Hall–Kier alpha value is -4.01. The highest BCUT2D eigenvalue weighted by atomic mass is 16.2. The summed E-state index contributed by atoms with van der Waals surface area (Å²) in [4.78, 5) is 29.0. The number of hydrogen-bond acceptors (Lipinski definition) is 5. The number of rotatable bonds is 5. The van der Waals surface area contributed by atoms with E-state index >= 15 is 0 Å². The van der Waals surface area contributed by atoms with Gasteiger partial charge in [-0.2, -0.15) is 10.2 Å². The van der Waals surface area contributed by atoms with Crippen molar-refractivity contribution in [2.45, 2.75) is 13.5 Å². The number of aromatic nitrogens is 5. The van der Waals surface area contributed by atoms with Crippen LogP contribution < -0.4 is 11.1 Å². The van der Waals surface area contributed by atoms with Crippen LogP contribution in [0, 0.1) is 6.92 Å². The Balaban J connectivity index is 1.60. The van der Waals surface area contributed by atoms with E-state index in [1.54, 1.807) is 46.7 Å². The van der Waals surface area contributed by atoms with Crippen LogP contribution in [0.4, 0.5) is 5.69 Å². The van der Waals surface area contributed by atoms with Gasteiger partial charge in [0.2, 0.25) is 5.91 Å². The monoisotopic (exact) mass is 389 g/mol. The quantitative estimate of drug-likeness (QED) is 0.540. The normalized spacial score (nSPS) is 11.0. The van der Waals surface area contributed by atoms with Crippen molar-refractivity contribution < 1.29 is 9.59 Å². The summed E-state index contributed by atoms with van der Waals surface area (Å²) in [5.74, 6) is -1.06. The summed E-state index contributed by atoms with van der Waals surface area (Å²) >= 11 is 0. The lowest BCUT2D eigenvalue weighted by molar-refractivity contribution is 0.100. The number of pyridine rings is 1. The molecule has 0 aliphatic rings. The lowest BCUT2D eigenvalue weighted by Gasteiger charge is -2.07. The molecule has 0 bridgehead atoms. The summed E-state index contributed by atoms with van der Waals surface area (Å²) in [6, 6.07) is 10.4. The van der Waals surface area contributed by atoms with Gasteiger partial charge in [0.1, 0.15) is 5.69 Å². The number of nitrogens with two attached hydrogens (primary N) is 1. The van der Waals surface area contributed by atoms with E-state index in [0.29, 0.717) is 28.8 Å². The number of anilines is 1. The zero-order valence-corrected chi connectivity index (χ0v) is 16.0. The summed E-state index contributed by atoms with van der Waals surface area (Å²) in [5.41, 5.74) is 8.44. The van der Waals surface area contributed by atoms with Crippen molar-refractivity contribution in [1.82, 2.24) is 24.5 Å². The molecule has 29 heavy (non-hydrogen) atoms. The fourth-order valence-corrected chi connectivity index (χ4v) is 3.12. The number of carbonyl (C=O) groups excluding carboxylic acids is 2. The maximum absolute atomic E-state index is 12.8. The van der Waals surface area contributed by atoms with E-state index < -0.39 is 11.8 Å². The molecule has 4 rings (SSSR count). The van der Waals surface area contributed by atoms with Crippen LogP contribution in [0.25, 0.3) is 10.9 Å². The highest BCUT2D eigenvalue weighted by Gasteiger charge is 2.17. The van der Waals surface area contributed by atoms with Gasteiger partial charge in [-0.05, 0) is 25.1 Å². The summed E-state index contributed by atoms with van der Waals surface area (Å²) in [5, 5.41) is 12.2. The number of nitrogens with one attached hydrogen (secondary N) is 1. The van der Waals surface area contributed by atoms with Crippen LogP contribution in [0.2, 0.25) is 0 Å². The Bertz CT molecular complexity index is 1240. The van der Waals surface area contributed by atoms with Crippen molar-refractivity contribution >= 4 is 28.4 Å². The van der Waals surface area contributed by atoms with E-state index in [2.05, 4.69) is 20.5 Å². The first-order valence-corrected chi connectivity index (χ1v) is 8.94. The highest BCUT2D eigenvalue weighted by molar-refractivity contribution is 6.10. The number of aryl methyl sites for hydroxylation is 2. The predicted molar refractivity (Wildman–Crippen MR) is 107 cm³/mol. The SMILES string of the molecule is Cc1nn(Cc2ccn(C)n2)cc1NC(=O)c1cc(C(N)=O)c2ccccc2n1. The van der Waals surface area contributed by atoms with E-state index in [4.69, 9.17) is 5.73 Å². The summed E-state index contributed by atoms with van der Waals surface area (Å²) < 4.78 is 3.42. The van der Waals surface area contributed by atoms with Crippen molar-refractivity contribution in [3.05, 3.63) is 71.4 Å². The second-order valence-corrected chi connectivity index (χ2v) is 6.70. The summed E-state index contributed by atoms with van der Waals surface area (Å²) in [6.07, 6.45) is 3.59. The summed E-state index contributed by atoms with van der Waals surface area (Å²) in [6.45, 7) is 2.28. The van der Waals surface area contributed by atoms with Gasteiger partial charge < -0.3 is 11.1 Å². The van der Waals surface area contributed by atoms with Crippen LogP contribution >= 0.6 is 0 Å². The molecule has 0 saturated carbocycles. The van der Waals surface area contributed by atoms with E-state index in [0.717, 1.165) is 5.69 Å². The molecule has 0 radical (unpaired) electrons. The van der Waals surface area contributed by atoms with Gasteiger partial charge in [-0.25, -0.2) is 4.98 Å². The molecule has 0 fully saturated rings. The van der Waals surface area contributed by atoms with Crippen LogP contribution in [0.3, 0.4) is 0 Å². The molecule has 9 nitrogen and oxygen atoms in total. The Morgan fingerprint density at radius 1 is 1.17 bits per heavy atom. The molecule has 0 spiro atoms. The second-order valence-electron chi connectivity index (χ2n) is 6.70. The van der Waals surface area contributed by atoms with E-state index in [1.165, 1.54) is 6.07 Å². The lowest BCUT2D eigenvalue weighted by Crippen LogP contribution is -2.17. The molecule has 146 valence electrons. The number of primary amides is 1. The fourth-order valence-electron chi connectivity index (χ4n) is 3.12. The van der Waals surface area contributed by atoms with Gasteiger partial charge in [-0.3, -0.25) is 19.0 Å². The standard InChI is InChI=1S/C20H19N7O2/c1-12-18(11-27(24-12)10-13-7-8-26(2)25-13)23-20(29)17-9-15(19(21)28)14-5-3-4-6-16(14)22-17/h3-9,11H,10H2,1-2H3,(H2,21,28)(H,23,29). The van der Waals surface area contributed by atoms with Crippen molar-refractivity contribution in [1.29, 1.82) is 0 Å². The molecule has 3 heterocycles. The third-order valence-corrected chi connectivity index (χ3v) is 4.50. The van der Waals surface area contributed by atoms with Crippen LogP contribution in [-0.4, -0.2) is 36.4 Å². The van der Waals surface area contributed by atoms with Crippen molar-refractivity contribution in [3.8, 4) is 0 Å². The van der Waals surface area contributed by atoms with E-state index in [9.17, 15) is 9.59 Å². The number of nitrogens with zero attached hydrogens (tertiary/aromatic N) is 5. The van der Waals surface area contributed by atoms with Crippen molar-refractivity contribution in [3.63, 3.8) is 0 Å². The lowest BCUT2D eigenvalue weighted by atomic mass is 10.1. The minimum Gasteiger partial charge on any atom is -0.366 e. The molecule has 0 unspecified atom stereocenters. The molecule has 0 atom stereocenters. The predicted octanol–water partition coefficient (Wildman–Crippen LogP) is 1.87. The maximum atomic E-state index is 12.8. The van der Waals surface area contributed by atoms with Crippen molar-refractivity contribution in [2.24, 2.45) is 12.8 Å². The largest absolute Gasteiger partial charge is 0.366 e. The maximum Gasteiger partial charge on any atom is 0.274 e. The van der Waals surface area contributed by atoms with E-state index in [1.807, 2.05) is 19.3 Å². The zero-order chi connectivity index (χ0) is 20.5. The average Bonchev–Trinajstić information content (AvgIpc) is 3.25. The first kappa shape index (κ1) is 18.4. The first-order valence-electron chi connectivity index (χ1n) is 8.94. The Morgan fingerprint density at radius 3 is 2.69 bits per heavy atom. The first-order chi connectivity index (χ1) is 13.9. The van der Waals surface area contributed by atoms with Gasteiger partial charge in [0.25, 0.3) is 5.91 Å². The molecule has 3 N–H and O–H groups in total. The molecule has 3 aromatic heterocycles. The molecule has 4 aromatic rings. The molecular formula is C20H19N7O2. The van der Waals surface area contributed by atoms with Crippen molar-refractivity contribution in [2.75, 3.05) is 5.32 Å². The Morgan fingerprint density at radius 2 is 1.97 bits per heavy atom. The number of carbonyl (C=O) groups is 2. The minimum atomic E-state index is -0.614. The average molecular weight is 389 g/mol. The molecule has 0 aliphatic carbocycles. The Labute approximate surface area is 166 Å². The van der Waals surface area contributed by atoms with Crippen LogP contribution in [0.15, 0.2) is 48.8 Å². The smallest absolute Gasteiger partial charge is 0.274 e. The van der Waals surface area contributed by atoms with Gasteiger partial charge in [-0.15, -0.1) is 0 Å². The third-order valence-electron chi connectivity index (χ3n) is 4.50. The van der Waals surface area contributed by atoms with Crippen LogP contribution in [-0.2, 0) is 13.6 Å². The van der Waals surface area contributed by atoms with Gasteiger partial charge in [0.15, 0.2) is 0 Å². The zero-order valence-electron chi connectivity index (χ0n) is 16.0. The minimum absolute atomic E-state index is 0.106.